The van der Waals surface area contributed by atoms with Crippen LogP contribution in [-0.4, -0.2) is 93.7 Å². The van der Waals surface area contributed by atoms with E-state index in [2.05, 4.69) is 37.2 Å². The zero-order valence-corrected chi connectivity index (χ0v) is 19.6. The first-order valence-corrected chi connectivity index (χ1v) is 11.2. The number of aliphatic imine (C=N–C) groups is 3. The summed E-state index contributed by atoms with van der Waals surface area (Å²) in [6, 6.07) is 7.58. The van der Waals surface area contributed by atoms with Gasteiger partial charge in [0.15, 0.2) is 5.04 Å². The summed E-state index contributed by atoms with van der Waals surface area (Å²) in [6.45, 7) is 9.21. The molecule has 0 bridgehead atoms. The predicted molar refractivity (Wildman–Crippen MR) is 138 cm³/mol. The molecule has 0 aliphatic carbocycles. The maximum atomic E-state index is 12.4. The van der Waals surface area contributed by atoms with Gasteiger partial charge in [-0.05, 0) is 30.6 Å². The van der Waals surface area contributed by atoms with Crippen LogP contribution in [0.3, 0.4) is 0 Å². The van der Waals surface area contributed by atoms with E-state index in [0.29, 0.717) is 18.1 Å². The van der Waals surface area contributed by atoms with E-state index < -0.39 is 0 Å². The van der Waals surface area contributed by atoms with Gasteiger partial charge in [0.1, 0.15) is 0 Å². The number of rotatable bonds is 9. The summed E-state index contributed by atoms with van der Waals surface area (Å²) in [7, 11) is 3.41. The number of hydrogen-bond donors (Lipinski definition) is 3. The predicted octanol–water partition coefficient (Wildman–Crippen LogP) is 1.80. The summed E-state index contributed by atoms with van der Waals surface area (Å²) in [5.41, 5.74) is 1.62. The number of thioether (sulfide) groups is 1. The topological polar surface area (TPSA) is 109 Å². The van der Waals surface area contributed by atoms with Crippen LogP contribution in [0.1, 0.15) is 0 Å². The van der Waals surface area contributed by atoms with Crippen molar-refractivity contribution in [3.8, 4) is 0 Å². The van der Waals surface area contributed by atoms with Crippen LogP contribution >= 0.6 is 11.8 Å². The summed E-state index contributed by atoms with van der Waals surface area (Å²) < 4.78 is 0. The molecule has 9 nitrogen and oxygen atoms in total. The van der Waals surface area contributed by atoms with Crippen molar-refractivity contribution >= 4 is 52.1 Å². The van der Waals surface area contributed by atoms with Gasteiger partial charge in [-0.2, -0.15) is 0 Å². The van der Waals surface area contributed by atoms with Gasteiger partial charge in [-0.15, -0.1) is 0 Å². The Hall–Kier alpha value is -2.82. The molecule has 0 radical (unpaired) electrons. The molecule has 1 aliphatic heterocycles. The Labute approximate surface area is 194 Å². The number of nitrogens with one attached hydrogen (secondary N) is 3. The number of carbonyl (C=O) groups is 1. The lowest BCUT2D eigenvalue weighted by Crippen LogP contribution is -2.43. The zero-order valence-electron chi connectivity index (χ0n) is 18.8. The first-order valence-electron chi connectivity index (χ1n) is 10.4. The van der Waals surface area contributed by atoms with Crippen molar-refractivity contribution in [1.29, 1.82) is 5.41 Å². The number of benzene rings is 1. The van der Waals surface area contributed by atoms with E-state index >= 15 is 0 Å². The van der Waals surface area contributed by atoms with Gasteiger partial charge >= 0.3 is 0 Å². The van der Waals surface area contributed by atoms with Gasteiger partial charge in [-0.1, -0.05) is 18.2 Å². The maximum Gasteiger partial charge on any atom is 0.276 e. The Balaban J connectivity index is 1.73. The Morgan fingerprint density at radius 1 is 1.38 bits per heavy atom. The van der Waals surface area contributed by atoms with Crippen LogP contribution in [0.2, 0.25) is 0 Å². The molecule has 2 rings (SSSR count). The Morgan fingerprint density at radius 2 is 2.12 bits per heavy atom. The van der Waals surface area contributed by atoms with Crippen LogP contribution in [0.15, 0.2) is 51.5 Å². The highest BCUT2D eigenvalue weighted by atomic mass is 32.2. The lowest BCUT2D eigenvalue weighted by Gasteiger charge is -2.25. The van der Waals surface area contributed by atoms with Gasteiger partial charge < -0.3 is 15.5 Å². The van der Waals surface area contributed by atoms with Gasteiger partial charge in [-0.3, -0.25) is 30.1 Å². The Morgan fingerprint density at radius 3 is 2.84 bits per heavy atom. The van der Waals surface area contributed by atoms with Crippen molar-refractivity contribution < 1.29 is 4.79 Å². The molecule has 1 aromatic rings. The molecule has 1 aromatic carbocycles. The van der Waals surface area contributed by atoms with Crippen molar-refractivity contribution in [2.24, 2.45) is 15.0 Å². The molecule has 0 atom stereocenters. The number of para-hydroxylation sites is 2. The fraction of sp³-hybridized carbons (Fsp3) is 0.409. The van der Waals surface area contributed by atoms with E-state index in [1.807, 2.05) is 42.3 Å². The average Bonchev–Trinajstić information content (AvgIpc) is 2.82. The van der Waals surface area contributed by atoms with Crippen LogP contribution < -0.4 is 15.5 Å². The second kappa shape index (κ2) is 14.3. The molecule has 172 valence electrons. The largest absolute Gasteiger partial charge is 0.366 e. The van der Waals surface area contributed by atoms with Gasteiger partial charge in [0.2, 0.25) is 0 Å². The number of nitrogens with zero attached hydrogens (tertiary/aromatic N) is 5. The summed E-state index contributed by atoms with van der Waals surface area (Å²) in [5, 5.41) is 14.9. The highest BCUT2D eigenvalue weighted by Gasteiger charge is 2.16. The Bertz CT molecular complexity index is 861. The van der Waals surface area contributed by atoms with Crippen molar-refractivity contribution in [2.45, 2.75) is 0 Å². The molecular weight excluding hydrogens is 424 g/mol. The summed E-state index contributed by atoms with van der Waals surface area (Å²) >= 11 is 1.04. The van der Waals surface area contributed by atoms with Crippen molar-refractivity contribution in [3.05, 3.63) is 36.5 Å². The number of amides is 1. The van der Waals surface area contributed by atoms with Crippen molar-refractivity contribution in [3.63, 3.8) is 0 Å². The highest BCUT2D eigenvalue weighted by Crippen LogP contribution is 2.27. The van der Waals surface area contributed by atoms with E-state index in [1.165, 1.54) is 0 Å². The van der Waals surface area contributed by atoms with E-state index in [-0.39, 0.29) is 11.0 Å². The maximum absolute atomic E-state index is 12.4. The summed E-state index contributed by atoms with van der Waals surface area (Å²) in [5.74, 6) is -0.325. The standard InChI is InChI=1S/C22H32N8OS/c1-24-18-7-4-5-8-19(18)29(3)17-20(23)32-22(25-2)21(31)28-11-10-26-9-6-14-30-15-12-27-13-16-30/h4-10,23,27H,1,11-17H2,2-3H3,(H,28,31)/b9-6-,23-20?,25-22?,26-10?. The number of hydrogen-bond acceptors (Lipinski definition) is 9. The Kier molecular flexibility index (Phi) is 11.4. The first-order chi connectivity index (χ1) is 15.5. The SMILES string of the molecule is C=Nc1ccccc1N(C)CC(=N)SC(=NC)C(=O)NCC=N/C=C\CN1CCNCC1. The lowest BCUT2D eigenvalue weighted by molar-refractivity contribution is -0.114. The summed E-state index contributed by atoms with van der Waals surface area (Å²) in [6.07, 6.45) is 5.40. The van der Waals surface area contributed by atoms with Crippen LogP contribution in [0.5, 0.6) is 0 Å². The van der Waals surface area contributed by atoms with E-state index in [0.717, 1.165) is 55.9 Å². The fourth-order valence-corrected chi connectivity index (χ4v) is 3.79. The molecule has 0 unspecified atom stereocenters. The van der Waals surface area contributed by atoms with E-state index in [1.54, 1.807) is 19.5 Å². The van der Waals surface area contributed by atoms with Gasteiger partial charge in [0.25, 0.3) is 5.91 Å². The van der Waals surface area contributed by atoms with Crippen LogP contribution in [-0.2, 0) is 4.79 Å². The van der Waals surface area contributed by atoms with Crippen molar-refractivity contribution in [1.82, 2.24) is 15.5 Å². The second-order valence-corrected chi connectivity index (χ2v) is 8.12. The molecule has 1 aliphatic rings. The van der Waals surface area contributed by atoms with Crippen molar-refractivity contribution in [2.75, 3.05) is 64.8 Å². The summed E-state index contributed by atoms with van der Waals surface area (Å²) in [4.78, 5) is 28.8. The lowest BCUT2D eigenvalue weighted by atomic mass is 10.2. The monoisotopic (exact) mass is 456 g/mol. The highest BCUT2D eigenvalue weighted by molar-refractivity contribution is 8.28. The third kappa shape index (κ3) is 8.74. The molecule has 1 saturated heterocycles. The van der Waals surface area contributed by atoms with Crippen LogP contribution in [0, 0.1) is 5.41 Å². The third-order valence-corrected chi connectivity index (χ3v) is 5.62. The van der Waals surface area contributed by atoms with E-state index in [4.69, 9.17) is 5.41 Å². The van der Waals surface area contributed by atoms with Crippen LogP contribution in [0.4, 0.5) is 11.4 Å². The molecule has 0 spiro atoms. The molecule has 0 saturated carbocycles. The third-order valence-electron chi connectivity index (χ3n) is 4.69. The fourth-order valence-electron chi connectivity index (χ4n) is 3.04. The minimum atomic E-state index is -0.325. The molecule has 10 heteroatoms. The van der Waals surface area contributed by atoms with Gasteiger partial charge in [0.05, 0.1) is 29.5 Å². The molecular formula is C22H32N8OS. The molecule has 3 N–H and O–H groups in total. The smallest absolute Gasteiger partial charge is 0.276 e. The molecule has 0 aromatic heterocycles. The van der Waals surface area contributed by atoms with Crippen LogP contribution in [0.25, 0.3) is 0 Å². The molecule has 32 heavy (non-hydrogen) atoms. The number of carbonyl (C=O) groups excluding carboxylic acids is 1. The average molecular weight is 457 g/mol. The van der Waals surface area contributed by atoms with E-state index in [9.17, 15) is 4.79 Å². The molecule has 1 amide bonds. The normalized spacial score (nSPS) is 15.2. The van der Waals surface area contributed by atoms with Gasteiger partial charge in [0, 0.05) is 59.2 Å². The second-order valence-electron chi connectivity index (χ2n) is 7.03. The minimum Gasteiger partial charge on any atom is -0.366 e. The number of piperazine rings is 1. The van der Waals surface area contributed by atoms with Gasteiger partial charge in [-0.25, -0.2) is 0 Å². The quantitative estimate of drug-likeness (QED) is 0.388. The zero-order chi connectivity index (χ0) is 23.2. The molecule has 1 heterocycles. The molecule has 1 fully saturated rings. The number of anilines is 1. The minimum absolute atomic E-state index is 0.237. The first kappa shape index (κ1) is 25.4.